The summed E-state index contributed by atoms with van der Waals surface area (Å²) in [5, 5.41) is 15.8. The monoisotopic (exact) mass is 257 g/mol. The van der Waals surface area contributed by atoms with Gasteiger partial charge in [0.25, 0.3) is 0 Å². The lowest BCUT2D eigenvalue weighted by atomic mass is 10.1. The fourth-order valence-electron chi connectivity index (χ4n) is 2.75. The van der Waals surface area contributed by atoms with Crippen molar-refractivity contribution in [2.75, 3.05) is 0 Å². The Labute approximate surface area is 112 Å². The second kappa shape index (κ2) is 5.07. The summed E-state index contributed by atoms with van der Waals surface area (Å²) >= 11 is 0. The normalized spacial score (nSPS) is 16.1. The number of nitrogens with zero attached hydrogens (tertiary/aromatic N) is 4. The Bertz CT molecular complexity index is 569. The maximum atomic E-state index is 4.68. The van der Waals surface area contributed by atoms with Crippen molar-refractivity contribution in [3.05, 3.63) is 23.3 Å². The second-order valence-corrected chi connectivity index (χ2v) is 5.23. The fraction of sp³-hybridized carbons (Fsp3) is 0.571. The molecule has 5 heteroatoms. The van der Waals surface area contributed by atoms with Crippen molar-refractivity contribution in [3.8, 4) is 11.4 Å². The van der Waals surface area contributed by atoms with Crippen molar-refractivity contribution in [1.82, 2.24) is 25.4 Å². The summed E-state index contributed by atoms with van der Waals surface area (Å²) in [7, 11) is 0. The van der Waals surface area contributed by atoms with Crippen molar-refractivity contribution in [1.29, 1.82) is 0 Å². The molecule has 0 saturated heterocycles. The minimum absolute atomic E-state index is 0.558. The Morgan fingerprint density at radius 1 is 1.26 bits per heavy atom. The van der Waals surface area contributed by atoms with Crippen LogP contribution >= 0.6 is 0 Å². The number of hydrogen-bond acceptors (Lipinski definition) is 4. The second-order valence-electron chi connectivity index (χ2n) is 5.23. The fourth-order valence-corrected chi connectivity index (χ4v) is 2.75. The third-order valence-electron chi connectivity index (χ3n) is 3.81. The first-order valence-corrected chi connectivity index (χ1v) is 7.03. The maximum absolute atomic E-state index is 4.68. The molecule has 5 nitrogen and oxygen atoms in total. The molecule has 0 spiro atoms. The molecule has 2 aromatic rings. The summed E-state index contributed by atoms with van der Waals surface area (Å²) in [5.74, 6) is 2.35. The van der Waals surface area contributed by atoms with E-state index in [1.165, 1.54) is 25.7 Å². The Morgan fingerprint density at radius 3 is 2.79 bits per heavy atom. The van der Waals surface area contributed by atoms with Gasteiger partial charge >= 0.3 is 0 Å². The molecule has 2 heterocycles. The summed E-state index contributed by atoms with van der Waals surface area (Å²) in [4.78, 5) is 4.68. The molecule has 1 N–H and O–H groups in total. The van der Waals surface area contributed by atoms with Gasteiger partial charge in [-0.25, -0.2) is 4.98 Å². The lowest BCUT2D eigenvalue weighted by molar-refractivity contribution is 0.672. The van der Waals surface area contributed by atoms with E-state index in [4.69, 9.17) is 0 Å². The van der Waals surface area contributed by atoms with E-state index in [9.17, 15) is 0 Å². The Kier molecular flexibility index (Phi) is 3.27. The number of H-pyrrole nitrogens is 1. The molecule has 0 atom stereocenters. The van der Waals surface area contributed by atoms with Gasteiger partial charge in [-0.2, -0.15) is 15.3 Å². The van der Waals surface area contributed by atoms with Crippen LogP contribution in [0.5, 0.6) is 0 Å². The molecule has 1 fully saturated rings. The van der Waals surface area contributed by atoms with Gasteiger partial charge in [0, 0.05) is 11.5 Å². The van der Waals surface area contributed by atoms with Gasteiger partial charge in [-0.3, -0.25) is 5.10 Å². The molecule has 19 heavy (non-hydrogen) atoms. The van der Waals surface area contributed by atoms with Crippen LogP contribution in [0.2, 0.25) is 0 Å². The predicted molar refractivity (Wildman–Crippen MR) is 72.7 cm³/mol. The Hall–Kier alpha value is -1.78. The van der Waals surface area contributed by atoms with Crippen molar-refractivity contribution < 1.29 is 0 Å². The van der Waals surface area contributed by atoms with E-state index in [0.717, 1.165) is 35.0 Å². The Balaban J connectivity index is 1.95. The number of aromatic nitrogens is 5. The number of rotatable bonds is 3. The lowest BCUT2D eigenvalue weighted by Gasteiger charge is -2.04. The lowest BCUT2D eigenvalue weighted by Crippen LogP contribution is -1.99. The zero-order valence-electron chi connectivity index (χ0n) is 11.5. The summed E-state index contributed by atoms with van der Waals surface area (Å²) in [6.07, 6.45) is 5.90. The summed E-state index contributed by atoms with van der Waals surface area (Å²) in [6.45, 7) is 4.02. The van der Waals surface area contributed by atoms with E-state index in [2.05, 4.69) is 32.3 Å². The predicted octanol–water partition coefficient (Wildman–Crippen LogP) is 2.79. The molecule has 0 bridgehead atoms. The number of nitrogens with one attached hydrogen (secondary N) is 1. The average molecular weight is 257 g/mol. The molecule has 2 aromatic heterocycles. The highest BCUT2D eigenvalue weighted by molar-refractivity contribution is 5.58. The van der Waals surface area contributed by atoms with Gasteiger partial charge in [-0.15, -0.1) is 0 Å². The molecule has 0 amide bonds. The van der Waals surface area contributed by atoms with Crippen LogP contribution in [-0.4, -0.2) is 25.4 Å². The van der Waals surface area contributed by atoms with Crippen LogP contribution in [0.1, 0.15) is 55.7 Å². The molecule has 3 rings (SSSR count). The summed E-state index contributed by atoms with van der Waals surface area (Å²) < 4.78 is 0. The van der Waals surface area contributed by atoms with E-state index in [1.54, 1.807) is 0 Å². The van der Waals surface area contributed by atoms with Gasteiger partial charge in [0.15, 0.2) is 5.82 Å². The van der Waals surface area contributed by atoms with E-state index in [1.807, 2.05) is 13.0 Å². The first-order valence-electron chi connectivity index (χ1n) is 7.03. The highest BCUT2D eigenvalue weighted by Gasteiger charge is 2.21. The van der Waals surface area contributed by atoms with E-state index < -0.39 is 0 Å². The molecule has 0 unspecified atom stereocenters. The zero-order valence-corrected chi connectivity index (χ0v) is 11.5. The Morgan fingerprint density at radius 2 is 2.05 bits per heavy atom. The first kappa shape index (κ1) is 12.3. The highest BCUT2D eigenvalue weighted by atomic mass is 15.2. The molecule has 0 radical (unpaired) electrons. The van der Waals surface area contributed by atoms with Gasteiger partial charge in [-0.05, 0) is 32.3 Å². The molecule has 1 aliphatic carbocycles. The van der Waals surface area contributed by atoms with Crippen molar-refractivity contribution in [3.63, 3.8) is 0 Å². The van der Waals surface area contributed by atoms with Crippen LogP contribution in [0.4, 0.5) is 0 Å². The largest absolute Gasteiger partial charge is 0.262 e. The molecule has 100 valence electrons. The minimum atomic E-state index is 0.558. The molecular formula is C14H19N5. The smallest absolute Gasteiger partial charge is 0.183 e. The van der Waals surface area contributed by atoms with Gasteiger partial charge < -0.3 is 0 Å². The van der Waals surface area contributed by atoms with Crippen molar-refractivity contribution in [2.24, 2.45) is 0 Å². The summed E-state index contributed by atoms with van der Waals surface area (Å²) in [5.41, 5.74) is 2.87. The number of aromatic amines is 1. The highest BCUT2D eigenvalue weighted by Crippen LogP contribution is 2.32. The summed E-state index contributed by atoms with van der Waals surface area (Å²) in [6, 6.07) is 2.02. The van der Waals surface area contributed by atoms with Crippen molar-refractivity contribution >= 4 is 0 Å². The van der Waals surface area contributed by atoms with Crippen molar-refractivity contribution in [2.45, 2.75) is 51.9 Å². The third-order valence-corrected chi connectivity index (χ3v) is 3.81. The van der Waals surface area contributed by atoms with Gasteiger partial charge in [0.2, 0.25) is 0 Å². The van der Waals surface area contributed by atoms with Gasteiger partial charge in [0.05, 0.1) is 11.4 Å². The van der Waals surface area contributed by atoms with Crippen LogP contribution in [-0.2, 0) is 6.42 Å². The standard InChI is InChI=1S/C14H19N5/c1-3-12-11(8-9(2)16-17-12)14-15-13(18-19-14)10-6-4-5-7-10/h8,10H,3-7H2,1-2H3,(H,15,18,19). The molecule has 0 aromatic carbocycles. The topological polar surface area (TPSA) is 67.3 Å². The molecule has 0 aliphatic heterocycles. The maximum Gasteiger partial charge on any atom is 0.183 e. The zero-order chi connectivity index (χ0) is 13.2. The van der Waals surface area contributed by atoms with E-state index >= 15 is 0 Å². The third kappa shape index (κ3) is 2.37. The SMILES string of the molecule is CCc1nnc(C)cc1-c1n[nH]c(C2CCCC2)n1. The first-order chi connectivity index (χ1) is 9.28. The van der Waals surface area contributed by atoms with Crippen LogP contribution in [0, 0.1) is 6.92 Å². The molecular weight excluding hydrogens is 238 g/mol. The average Bonchev–Trinajstić information content (AvgIpc) is 3.09. The number of aryl methyl sites for hydroxylation is 2. The molecule has 1 saturated carbocycles. The van der Waals surface area contributed by atoms with Crippen LogP contribution < -0.4 is 0 Å². The van der Waals surface area contributed by atoms with Crippen LogP contribution in [0.25, 0.3) is 11.4 Å². The molecule has 1 aliphatic rings. The van der Waals surface area contributed by atoms with E-state index in [0.29, 0.717) is 5.92 Å². The van der Waals surface area contributed by atoms with Crippen LogP contribution in [0.15, 0.2) is 6.07 Å². The van der Waals surface area contributed by atoms with Gasteiger partial charge in [-0.1, -0.05) is 19.8 Å². The number of hydrogen-bond donors (Lipinski definition) is 1. The minimum Gasteiger partial charge on any atom is -0.262 e. The van der Waals surface area contributed by atoms with E-state index in [-0.39, 0.29) is 0 Å². The van der Waals surface area contributed by atoms with Crippen LogP contribution in [0.3, 0.4) is 0 Å². The van der Waals surface area contributed by atoms with Gasteiger partial charge in [0.1, 0.15) is 5.82 Å². The quantitative estimate of drug-likeness (QED) is 0.918.